The van der Waals surface area contributed by atoms with Gasteiger partial charge in [-0.1, -0.05) is 11.6 Å². The van der Waals surface area contributed by atoms with Crippen molar-refractivity contribution in [3.8, 4) is 0 Å². The topological polar surface area (TPSA) is 78.8 Å². The first kappa shape index (κ1) is 12.2. The third-order valence-corrected chi connectivity index (χ3v) is 1.99. The average Bonchev–Trinajstić information content (AvgIpc) is 2.26. The lowest BCUT2D eigenvalue weighted by Crippen LogP contribution is -2.21. The van der Waals surface area contributed by atoms with Crippen LogP contribution in [0.15, 0.2) is 29.4 Å². The number of carboxylic acids is 1. The third-order valence-electron chi connectivity index (χ3n) is 1.74. The number of halogens is 1. The molecule has 0 spiro atoms. The molecule has 84 valence electrons. The summed E-state index contributed by atoms with van der Waals surface area (Å²) in [6, 6.07) is 6.15. The lowest BCUT2D eigenvalue weighted by molar-refractivity contribution is -0.129. The van der Waals surface area contributed by atoms with Gasteiger partial charge >= 0.3 is 5.97 Å². The number of aliphatic carboxylic acids is 1. The van der Waals surface area contributed by atoms with E-state index in [1.807, 2.05) is 0 Å². The van der Waals surface area contributed by atoms with Gasteiger partial charge in [-0.05, 0) is 31.2 Å². The Balaban J connectivity index is 2.70. The van der Waals surface area contributed by atoms with Gasteiger partial charge in [0.15, 0.2) is 0 Å². The summed E-state index contributed by atoms with van der Waals surface area (Å²) in [6.07, 6.45) is 0. The summed E-state index contributed by atoms with van der Waals surface area (Å²) >= 11 is 5.65. The molecule has 0 saturated heterocycles. The molecule has 5 nitrogen and oxygen atoms in total. The van der Waals surface area contributed by atoms with Crippen LogP contribution in [0, 0.1) is 0 Å². The van der Waals surface area contributed by atoms with Crippen LogP contribution in [-0.4, -0.2) is 22.7 Å². The van der Waals surface area contributed by atoms with Crippen LogP contribution >= 0.6 is 11.6 Å². The molecule has 1 aromatic carbocycles. The molecule has 0 aliphatic carbocycles. The summed E-state index contributed by atoms with van der Waals surface area (Å²) in [7, 11) is 0. The zero-order chi connectivity index (χ0) is 12.1. The minimum absolute atomic E-state index is 0.192. The van der Waals surface area contributed by atoms with E-state index in [1.165, 1.54) is 19.1 Å². The van der Waals surface area contributed by atoms with Gasteiger partial charge in [0.05, 0.1) is 0 Å². The Bertz CT molecular complexity index is 440. The van der Waals surface area contributed by atoms with Crippen LogP contribution in [0.4, 0.5) is 0 Å². The van der Waals surface area contributed by atoms with Crippen LogP contribution in [0.25, 0.3) is 0 Å². The highest BCUT2D eigenvalue weighted by Crippen LogP contribution is 2.09. The molecule has 1 rings (SSSR count). The predicted molar refractivity (Wildman–Crippen MR) is 59.7 cm³/mol. The number of carbonyl (C=O) groups excluding carboxylic acids is 1. The van der Waals surface area contributed by atoms with Crippen LogP contribution in [0.2, 0.25) is 5.02 Å². The van der Waals surface area contributed by atoms with Gasteiger partial charge < -0.3 is 5.11 Å². The maximum atomic E-state index is 11.4. The lowest BCUT2D eigenvalue weighted by atomic mass is 10.2. The Kier molecular flexibility index (Phi) is 4.02. The summed E-state index contributed by atoms with van der Waals surface area (Å²) in [6.45, 7) is 1.28. The Hall–Kier alpha value is -1.88. The fourth-order valence-electron chi connectivity index (χ4n) is 0.848. The Labute approximate surface area is 96.7 Å². The number of carboxylic acid groups (broad SMARTS) is 1. The Morgan fingerprint density at radius 1 is 1.31 bits per heavy atom. The third kappa shape index (κ3) is 3.36. The lowest BCUT2D eigenvalue weighted by Gasteiger charge is -2.00. The summed E-state index contributed by atoms with van der Waals surface area (Å²) in [5.74, 6) is -1.67. The van der Waals surface area contributed by atoms with E-state index >= 15 is 0 Å². The van der Waals surface area contributed by atoms with Crippen molar-refractivity contribution in [2.24, 2.45) is 5.10 Å². The van der Waals surface area contributed by atoms with Crippen molar-refractivity contribution < 1.29 is 14.7 Å². The van der Waals surface area contributed by atoms with Gasteiger partial charge in [0.2, 0.25) is 0 Å². The maximum absolute atomic E-state index is 11.4. The molecule has 16 heavy (non-hydrogen) atoms. The second-order valence-corrected chi connectivity index (χ2v) is 3.39. The van der Waals surface area contributed by atoms with Crippen molar-refractivity contribution in [3.05, 3.63) is 34.9 Å². The van der Waals surface area contributed by atoms with Crippen LogP contribution in [0.5, 0.6) is 0 Å². The van der Waals surface area contributed by atoms with E-state index < -0.39 is 11.9 Å². The molecule has 0 bridgehead atoms. The van der Waals surface area contributed by atoms with Crippen molar-refractivity contribution in [3.63, 3.8) is 0 Å². The summed E-state index contributed by atoms with van der Waals surface area (Å²) in [4.78, 5) is 21.8. The molecule has 1 amide bonds. The molecule has 0 atom stereocenters. The number of carbonyl (C=O) groups is 2. The van der Waals surface area contributed by atoms with Crippen molar-refractivity contribution in [2.45, 2.75) is 6.92 Å². The van der Waals surface area contributed by atoms with Gasteiger partial charge in [-0.3, -0.25) is 4.79 Å². The maximum Gasteiger partial charge on any atom is 0.351 e. The number of amides is 1. The van der Waals surface area contributed by atoms with E-state index in [0.717, 1.165) is 0 Å². The van der Waals surface area contributed by atoms with Crippen molar-refractivity contribution in [2.75, 3.05) is 0 Å². The first-order chi connectivity index (χ1) is 7.50. The van der Waals surface area contributed by atoms with Crippen LogP contribution in [0.1, 0.15) is 17.3 Å². The molecule has 1 aromatic rings. The van der Waals surface area contributed by atoms with E-state index in [9.17, 15) is 9.59 Å². The zero-order valence-corrected chi connectivity index (χ0v) is 9.15. The number of rotatable bonds is 3. The smallest absolute Gasteiger partial charge is 0.351 e. The summed E-state index contributed by atoms with van der Waals surface area (Å²) < 4.78 is 0. The Morgan fingerprint density at radius 2 is 1.88 bits per heavy atom. The van der Waals surface area contributed by atoms with Crippen LogP contribution in [0.3, 0.4) is 0 Å². The van der Waals surface area contributed by atoms with E-state index in [4.69, 9.17) is 16.7 Å². The molecule has 0 aromatic heterocycles. The van der Waals surface area contributed by atoms with E-state index in [1.54, 1.807) is 12.1 Å². The normalized spacial score (nSPS) is 11.0. The molecule has 0 saturated carbocycles. The molecule has 0 unspecified atom stereocenters. The highest BCUT2D eigenvalue weighted by molar-refractivity contribution is 6.34. The van der Waals surface area contributed by atoms with Gasteiger partial charge in [0, 0.05) is 10.6 Å². The highest BCUT2D eigenvalue weighted by Gasteiger charge is 2.06. The Morgan fingerprint density at radius 3 is 2.38 bits per heavy atom. The monoisotopic (exact) mass is 240 g/mol. The fraction of sp³-hybridized carbons (Fsp3) is 0.100. The van der Waals surface area contributed by atoms with Crippen LogP contribution < -0.4 is 5.43 Å². The molecule has 2 N–H and O–H groups in total. The van der Waals surface area contributed by atoms with Gasteiger partial charge in [-0.25, -0.2) is 10.2 Å². The van der Waals surface area contributed by atoms with Crippen molar-refractivity contribution in [1.29, 1.82) is 0 Å². The van der Waals surface area contributed by atoms with Crippen molar-refractivity contribution in [1.82, 2.24) is 5.43 Å². The molecule has 0 radical (unpaired) electrons. The fourth-order valence-corrected chi connectivity index (χ4v) is 0.974. The molecule has 0 aliphatic rings. The largest absolute Gasteiger partial charge is 0.477 e. The van der Waals surface area contributed by atoms with E-state index in [2.05, 4.69) is 10.5 Å². The number of benzene rings is 1. The minimum Gasteiger partial charge on any atom is -0.477 e. The van der Waals surface area contributed by atoms with Crippen molar-refractivity contribution >= 4 is 29.2 Å². The quantitative estimate of drug-likeness (QED) is 0.621. The van der Waals surface area contributed by atoms with Gasteiger partial charge in [0.25, 0.3) is 5.91 Å². The molecular weight excluding hydrogens is 232 g/mol. The minimum atomic E-state index is -1.18. The molecule has 0 heterocycles. The van der Waals surface area contributed by atoms with Gasteiger partial charge in [-0.15, -0.1) is 0 Å². The van der Waals surface area contributed by atoms with Gasteiger partial charge in [0.1, 0.15) is 5.71 Å². The molecular formula is C10H9ClN2O3. The first-order valence-electron chi connectivity index (χ1n) is 4.34. The first-order valence-corrected chi connectivity index (χ1v) is 4.72. The molecule has 6 heteroatoms. The van der Waals surface area contributed by atoms with Crippen LogP contribution in [-0.2, 0) is 4.79 Å². The number of nitrogens with zero attached hydrogens (tertiary/aromatic N) is 1. The van der Waals surface area contributed by atoms with E-state index in [-0.39, 0.29) is 5.71 Å². The number of hydrogen-bond acceptors (Lipinski definition) is 3. The number of hydrazone groups is 1. The summed E-state index contributed by atoms with van der Waals surface area (Å²) in [5.41, 5.74) is 2.29. The average molecular weight is 241 g/mol. The number of nitrogens with one attached hydrogen (secondary N) is 1. The molecule has 0 aliphatic heterocycles. The predicted octanol–water partition coefficient (Wildman–Crippen LogP) is 1.53. The standard InChI is InChI=1S/C10H9ClN2O3/c1-6(10(15)16)12-13-9(14)7-2-4-8(11)5-3-7/h2-5H,1H3,(H,13,14)(H,15,16). The second kappa shape index (κ2) is 5.27. The SMILES string of the molecule is CC(=NNC(=O)c1ccc(Cl)cc1)C(=O)O. The van der Waals surface area contributed by atoms with Gasteiger partial charge in [-0.2, -0.15) is 5.10 Å². The number of hydrogen-bond donors (Lipinski definition) is 2. The highest BCUT2D eigenvalue weighted by atomic mass is 35.5. The second-order valence-electron chi connectivity index (χ2n) is 2.95. The zero-order valence-electron chi connectivity index (χ0n) is 8.40. The van der Waals surface area contributed by atoms with E-state index in [0.29, 0.717) is 10.6 Å². The summed E-state index contributed by atoms with van der Waals surface area (Å²) in [5, 5.41) is 12.4. The molecule has 0 fully saturated rings.